The number of benzene rings is 1. The Morgan fingerprint density at radius 1 is 1.07 bits per heavy atom. The number of carbonyl (C=O) groups is 1. The summed E-state index contributed by atoms with van der Waals surface area (Å²) in [5, 5.41) is 4.40. The van der Waals surface area contributed by atoms with Gasteiger partial charge in [0.05, 0.1) is 20.0 Å². The highest BCUT2D eigenvalue weighted by Crippen LogP contribution is 2.35. The molecule has 1 atom stereocenters. The first-order valence-electron chi connectivity index (χ1n) is 9.48. The topological polar surface area (TPSA) is 48.5 Å². The first-order chi connectivity index (χ1) is 13.3. The van der Waals surface area contributed by atoms with E-state index in [1.807, 2.05) is 35.2 Å². The molecule has 2 saturated heterocycles. The molecule has 0 aliphatic carbocycles. The van der Waals surface area contributed by atoms with E-state index in [2.05, 4.69) is 16.3 Å². The second-order valence-corrected chi connectivity index (χ2v) is 9.24. The summed E-state index contributed by atoms with van der Waals surface area (Å²) in [6, 6.07) is 12.7. The molecule has 3 aromatic rings. The molecule has 0 saturated carbocycles. The van der Waals surface area contributed by atoms with Crippen LogP contribution in [0.2, 0.25) is 0 Å². The minimum Gasteiger partial charge on any atom is -0.336 e. The molecule has 1 aromatic carbocycles. The van der Waals surface area contributed by atoms with Crippen LogP contribution in [0, 0.1) is 0 Å². The van der Waals surface area contributed by atoms with E-state index in [1.165, 1.54) is 4.70 Å². The van der Waals surface area contributed by atoms with Crippen molar-refractivity contribution < 1.29 is 4.79 Å². The molecular formula is C20H23ClN4OS2. The lowest BCUT2D eigenvalue weighted by Crippen LogP contribution is -2.49. The zero-order valence-corrected chi connectivity index (χ0v) is 17.9. The van der Waals surface area contributed by atoms with Crippen LogP contribution in [0.25, 0.3) is 20.1 Å². The van der Waals surface area contributed by atoms with Crippen molar-refractivity contribution in [1.29, 1.82) is 0 Å². The zero-order chi connectivity index (χ0) is 18.2. The molecule has 0 spiro atoms. The molecule has 2 aliphatic rings. The quantitative estimate of drug-likeness (QED) is 0.684. The van der Waals surface area contributed by atoms with E-state index >= 15 is 0 Å². The molecule has 0 bridgehead atoms. The average molecular weight is 435 g/mol. The number of para-hydroxylation sites is 1. The van der Waals surface area contributed by atoms with Gasteiger partial charge >= 0.3 is 0 Å². The van der Waals surface area contributed by atoms with Gasteiger partial charge < -0.3 is 10.2 Å². The van der Waals surface area contributed by atoms with Crippen molar-refractivity contribution in [3.05, 3.63) is 41.3 Å². The highest BCUT2D eigenvalue weighted by molar-refractivity contribution is 7.26. The minimum absolute atomic E-state index is 0. The summed E-state index contributed by atoms with van der Waals surface area (Å²) in [6.07, 6.45) is 1.09. The van der Waals surface area contributed by atoms with Crippen LogP contribution in [0.5, 0.6) is 0 Å². The fraction of sp³-hybridized carbons (Fsp3) is 0.400. The minimum atomic E-state index is 0. The molecule has 2 aromatic heterocycles. The van der Waals surface area contributed by atoms with Crippen LogP contribution >= 0.6 is 35.1 Å². The molecule has 28 heavy (non-hydrogen) atoms. The van der Waals surface area contributed by atoms with Crippen molar-refractivity contribution >= 4 is 51.2 Å². The van der Waals surface area contributed by atoms with E-state index in [-0.39, 0.29) is 18.3 Å². The fourth-order valence-electron chi connectivity index (χ4n) is 3.97. The Balaban J connectivity index is 0.00000192. The maximum Gasteiger partial charge on any atom is 0.263 e. The summed E-state index contributed by atoms with van der Waals surface area (Å²) in [5.41, 5.74) is 1.03. The van der Waals surface area contributed by atoms with Crippen molar-refractivity contribution in [2.45, 2.75) is 12.5 Å². The monoisotopic (exact) mass is 434 g/mol. The Hall–Kier alpha value is -1.51. The van der Waals surface area contributed by atoms with E-state index < -0.39 is 0 Å². The van der Waals surface area contributed by atoms with Crippen LogP contribution in [0.4, 0.5) is 0 Å². The van der Waals surface area contributed by atoms with Crippen LogP contribution < -0.4 is 5.32 Å². The zero-order valence-electron chi connectivity index (χ0n) is 15.5. The van der Waals surface area contributed by atoms with Crippen LogP contribution in [-0.2, 0) is 0 Å². The van der Waals surface area contributed by atoms with Gasteiger partial charge in [0.15, 0.2) is 0 Å². The third-order valence-electron chi connectivity index (χ3n) is 5.44. The fourth-order valence-corrected chi connectivity index (χ4v) is 5.97. The van der Waals surface area contributed by atoms with Gasteiger partial charge in [-0.1, -0.05) is 12.1 Å². The number of nitrogens with one attached hydrogen (secondary N) is 1. The highest BCUT2D eigenvalue weighted by atomic mass is 35.5. The molecule has 0 radical (unpaired) electrons. The Kier molecular flexibility index (Phi) is 5.99. The summed E-state index contributed by atoms with van der Waals surface area (Å²) in [4.78, 5) is 24.2. The van der Waals surface area contributed by atoms with Crippen LogP contribution in [0.3, 0.4) is 0 Å². The third-order valence-corrected chi connectivity index (χ3v) is 7.72. The number of hydrogen-bond donors (Lipinski definition) is 1. The van der Waals surface area contributed by atoms with E-state index in [0.29, 0.717) is 6.04 Å². The van der Waals surface area contributed by atoms with E-state index in [4.69, 9.17) is 4.98 Å². The van der Waals surface area contributed by atoms with Crippen LogP contribution in [0.1, 0.15) is 16.1 Å². The summed E-state index contributed by atoms with van der Waals surface area (Å²) in [7, 11) is 0. The van der Waals surface area contributed by atoms with Gasteiger partial charge in [-0.3, -0.25) is 9.69 Å². The van der Waals surface area contributed by atoms with Crippen LogP contribution in [-0.4, -0.2) is 66.0 Å². The largest absolute Gasteiger partial charge is 0.336 e. The predicted octanol–water partition coefficient (Wildman–Crippen LogP) is 3.57. The van der Waals surface area contributed by atoms with E-state index in [0.717, 1.165) is 66.0 Å². The molecule has 5 nitrogen and oxygen atoms in total. The van der Waals surface area contributed by atoms with Crippen molar-refractivity contribution in [3.63, 3.8) is 0 Å². The Morgan fingerprint density at radius 3 is 2.71 bits per heavy atom. The summed E-state index contributed by atoms with van der Waals surface area (Å²) in [6.45, 7) is 6.01. The molecule has 1 amide bonds. The number of fused-ring (bicyclic) bond motifs is 1. The lowest BCUT2D eigenvalue weighted by atomic mass is 10.2. The first kappa shape index (κ1) is 19.8. The molecule has 1 unspecified atom stereocenters. The summed E-state index contributed by atoms with van der Waals surface area (Å²) < 4.78 is 1.19. The Bertz CT molecular complexity index is 933. The smallest absolute Gasteiger partial charge is 0.263 e. The van der Waals surface area contributed by atoms with Gasteiger partial charge in [0.1, 0.15) is 5.01 Å². The number of thiophene rings is 1. The predicted molar refractivity (Wildman–Crippen MR) is 119 cm³/mol. The SMILES string of the molecule is Cl.O=C(c1ccc(-c2nc3ccccc3s2)s1)N1CCC(N2CCNCC2)C1. The number of amides is 1. The highest BCUT2D eigenvalue weighted by Gasteiger charge is 2.31. The van der Waals surface area contributed by atoms with Crippen molar-refractivity contribution in [3.8, 4) is 9.88 Å². The maximum atomic E-state index is 13.0. The average Bonchev–Trinajstić information content (AvgIpc) is 3.46. The van der Waals surface area contributed by atoms with Gasteiger partial charge in [-0.25, -0.2) is 4.98 Å². The number of rotatable bonds is 3. The number of thiazole rings is 1. The number of carbonyl (C=O) groups excluding carboxylic acids is 1. The van der Waals surface area contributed by atoms with Gasteiger partial charge in [0, 0.05) is 45.3 Å². The number of piperazine rings is 1. The Morgan fingerprint density at radius 2 is 1.89 bits per heavy atom. The number of hydrogen-bond acceptors (Lipinski definition) is 6. The second-order valence-electron chi connectivity index (χ2n) is 7.13. The first-order valence-corrected chi connectivity index (χ1v) is 11.1. The Labute approximate surface area is 178 Å². The second kappa shape index (κ2) is 8.47. The lowest BCUT2D eigenvalue weighted by Gasteiger charge is -2.32. The number of aromatic nitrogens is 1. The molecule has 1 N–H and O–H groups in total. The van der Waals surface area contributed by atoms with E-state index in [1.54, 1.807) is 22.7 Å². The number of likely N-dealkylation sites (tertiary alicyclic amines) is 1. The van der Waals surface area contributed by atoms with Crippen molar-refractivity contribution in [2.24, 2.45) is 0 Å². The standard InChI is InChI=1S/C20H22N4OS2.ClH/c25-20(24-10-7-14(13-24)23-11-8-21-9-12-23)18-6-5-17(26-18)19-22-15-3-1-2-4-16(15)27-19;/h1-6,14,21H,7-13H2;1H. The van der Waals surface area contributed by atoms with Gasteiger partial charge in [-0.2, -0.15) is 0 Å². The van der Waals surface area contributed by atoms with Crippen LogP contribution in [0.15, 0.2) is 36.4 Å². The number of nitrogens with zero attached hydrogens (tertiary/aromatic N) is 3. The normalized spacial score (nSPS) is 20.4. The molecular weight excluding hydrogens is 412 g/mol. The molecule has 2 fully saturated rings. The van der Waals surface area contributed by atoms with E-state index in [9.17, 15) is 4.79 Å². The van der Waals surface area contributed by atoms with Crippen molar-refractivity contribution in [2.75, 3.05) is 39.3 Å². The molecule has 5 rings (SSSR count). The van der Waals surface area contributed by atoms with Gasteiger partial charge in [0.25, 0.3) is 5.91 Å². The molecule has 4 heterocycles. The molecule has 148 valence electrons. The summed E-state index contributed by atoms with van der Waals surface area (Å²) in [5.74, 6) is 0.171. The van der Waals surface area contributed by atoms with Crippen molar-refractivity contribution in [1.82, 2.24) is 20.1 Å². The summed E-state index contributed by atoms with van der Waals surface area (Å²) >= 11 is 3.25. The van der Waals surface area contributed by atoms with Gasteiger partial charge in [-0.05, 0) is 30.7 Å². The van der Waals surface area contributed by atoms with Gasteiger partial charge in [0.2, 0.25) is 0 Å². The lowest BCUT2D eigenvalue weighted by molar-refractivity contribution is 0.0778. The third kappa shape index (κ3) is 3.82. The van der Waals surface area contributed by atoms with Gasteiger partial charge in [-0.15, -0.1) is 35.1 Å². The number of halogens is 1. The maximum absolute atomic E-state index is 13.0. The molecule has 8 heteroatoms. The molecule has 2 aliphatic heterocycles.